The molecule has 0 radical (unpaired) electrons. The van der Waals surface area contributed by atoms with Crippen molar-refractivity contribution in [3.8, 4) is 11.5 Å². The van der Waals surface area contributed by atoms with Gasteiger partial charge >= 0.3 is 5.97 Å². The van der Waals surface area contributed by atoms with E-state index in [4.69, 9.17) is 20.6 Å². The lowest BCUT2D eigenvalue weighted by Crippen LogP contribution is -2.33. The van der Waals surface area contributed by atoms with Crippen LogP contribution in [0, 0.1) is 5.41 Å². The first-order chi connectivity index (χ1) is 14.4. The van der Waals surface area contributed by atoms with Gasteiger partial charge in [-0.05, 0) is 24.6 Å². The van der Waals surface area contributed by atoms with Crippen LogP contribution in [0.15, 0.2) is 48.5 Å². The maximum absolute atomic E-state index is 12.7. The molecule has 0 aliphatic heterocycles. The molecule has 2 rings (SSSR count). The number of phenolic OH excluding ortho intramolecular Hbond substituents is 1. The van der Waals surface area contributed by atoms with E-state index in [-0.39, 0.29) is 36.9 Å². The molecular formula is C21H26N4O5. The van der Waals surface area contributed by atoms with Gasteiger partial charge in [-0.2, -0.15) is 0 Å². The van der Waals surface area contributed by atoms with Gasteiger partial charge in [0.25, 0.3) is 5.91 Å². The fraction of sp³-hybridized carbons (Fsp3) is 0.286. The molecule has 2 aromatic rings. The minimum Gasteiger partial charge on any atom is -0.507 e. The molecule has 0 bridgehead atoms. The predicted molar refractivity (Wildman–Crippen MR) is 111 cm³/mol. The van der Waals surface area contributed by atoms with Crippen molar-refractivity contribution in [3.05, 3.63) is 59.7 Å². The average molecular weight is 414 g/mol. The van der Waals surface area contributed by atoms with Crippen LogP contribution >= 0.6 is 0 Å². The topological polar surface area (TPSA) is 147 Å². The summed E-state index contributed by atoms with van der Waals surface area (Å²) in [5, 5.41) is 22.7. The highest BCUT2D eigenvalue weighted by atomic mass is 16.5. The maximum atomic E-state index is 12.7. The molecule has 0 saturated carbocycles. The SMILES string of the molecule is CCOC(=O)CC(NC(=O)c1ccc(OCCNC(=N)N)cc1O)c1ccccc1. The number of carbonyl (C=O) groups is 2. The summed E-state index contributed by atoms with van der Waals surface area (Å²) in [6, 6.07) is 12.8. The summed E-state index contributed by atoms with van der Waals surface area (Å²) in [4.78, 5) is 24.7. The molecule has 1 amide bonds. The number of guanidine groups is 1. The van der Waals surface area contributed by atoms with E-state index in [1.807, 2.05) is 18.2 Å². The zero-order chi connectivity index (χ0) is 21.9. The number of hydrogen-bond acceptors (Lipinski definition) is 6. The van der Waals surface area contributed by atoms with Crippen molar-refractivity contribution < 1.29 is 24.2 Å². The Balaban J connectivity index is 2.07. The summed E-state index contributed by atoms with van der Waals surface area (Å²) in [6.45, 7) is 2.51. The third kappa shape index (κ3) is 7.01. The van der Waals surface area contributed by atoms with Crippen molar-refractivity contribution in [2.75, 3.05) is 19.8 Å². The molecule has 9 heteroatoms. The maximum Gasteiger partial charge on any atom is 0.308 e. The van der Waals surface area contributed by atoms with Crippen LogP contribution in [0.1, 0.15) is 35.3 Å². The Kier molecular flexibility index (Phi) is 8.49. The Bertz CT molecular complexity index is 873. The number of amides is 1. The summed E-state index contributed by atoms with van der Waals surface area (Å²) < 4.78 is 10.4. The zero-order valence-electron chi connectivity index (χ0n) is 16.7. The third-order valence-electron chi connectivity index (χ3n) is 4.08. The minimum absolute atomic E-state index is 0.0330. The molecule has 160 valence electrons. The molecule has 6 N–H and O–H groups in total. The second-order valence-electron chi connectivity index (χ2n) is 6.31. The summed E-state index contributed by atoms with van der Waals surface area (Å²) in [5.74, 6) is -1.02. The van der Waals surface area contributed by atoms with Crippen molar-refractivity contribution in [1.29, 1.82) is 5.41 Å². The van der Waals surface area contributed by atoms with Crippen LogP contribution in [0.4, 0.5) is 0 Å². The van der Waals surface area contributed by atoms with E-state index in [9.17, 15) is 14.7 Å². The van der Waals surface area contributed by atoms with Crippen LogP contribution in [0.25, 0.3) is 0 Å². The fourth-order valence-corrected chi connectivity index (χ4v) is 2.71. The number of benzene rings is 2. The molecule has 0 saturated heterocycles. The van der Waals surface area contributed by atoms with Crippen molar-refractivity contribution in [2.24, 2.45) is 5.73 Å². The molecule has 30 heavy (non-hydrogen) atoms. The van der Waals surface area contributed by atoms with Gasteiger partial charge in [0.15, 0.2) is 5.96 Å². The number of esters is 1. The fourth-order valence-electron chi connectivity index (χ4n) is 2.71. The Labute approximate surface area is 174 Å². The number of rotatable bonds is 10. The van der Waals surface area contributed by atoms with Gasteiger partial charge < -0.3 is 30.9 Å². The lowest BCUT2D eigenvalue weighted by molar-refractivity contribution is -0.143. The molecule has 0 fully saturated rings. The minimum atomic E-state index is -0.606. The van der Waals surface area contributed by atoms with Crippen LogP contribution in [0.5, 0.6) is 11.5 Å². The molecule has 0 aliphatic rings. The lowest BCUT2D eigenvalue weighted by Gasteiger charge is -2.19. The normalized spacial score (nSPS) is 11.2. The Morgan fingerprint density at radius 2 is 1.93 bits per heavy atom. The van der Waals surface area contributed by atoms with Crippen molar-refractivity contribution in [2.45, 2.75) is 19.4 Å². The van der Waals surface area contributed by atoms with E-state index < -0.39 is 17.9 Å². The van der Waals surface area contributed by atoms with Crippen LogP contribution in [0.3, 0.4) is 0 Å². The first-order valence-electron chi connectivity index (χ1n) is 9.45. The average Bonchev–Trinajstić information content (AvgIpc) is 2.71. The van der Waals surface area contributed by atoms with E-state index in [1.54, 1.807) is 25.1 Å². The summed E-state index contributed by atoms with van der Waals surface area (Å²) >= 11 is 0. The summed E-state index contributed by atoms with van der Waals surface area (Å²) in [6.07, 6.45) is -0.0330. The molecule has 2 aromatic carbocycles. The molecule has 1 unspecified atom stereocenters. The molecule has 0 heterocycles. The quantitative estimate of drug-likeness (QED) is 0.172. The van der Waals surface area contributed by atoms with Gasteiger partial charge in [-0.3, -0.25) is 15.0 Å². The Hall–Kier alpha value is -3.75. The second kappa shape index (κ2) is 11.3. The van der Waals surface area contributed by atoms with Gasteiger partial charge in [0, 0.05) is 6.07 Å². The number of carbonyl (C=O) groups excluding carboxylic acids is 2. The van der Waals surface area contributed by atoms with E-state index in [0.29, 0.717) is 12.3 Å². The van der Waals surface area contributed by atoms with Crippen molar-refractivity contribution >= 4 is 17.8 Å². The largest absolute Gasteiger partial charge is 0.507 e. The number of aromatic hydroxyl groups is 1. The summed E-state index contributed by atoms with van der Waals surface area (Å²) in [7, 11) is 0. The van der Waals surface area contributed by atoms with E-state index in [1.165, 1.54) is 12.1 Å². The monoisotopic (exact) mass is 414 g/mol. The Morgan fingerprint density at radius 3 is 2.57 bits per heavy atom. The van der Waals surface area contributed by atoms with Gasteiger partial charge in [0.05, 0.1) is 31.2 Å². The van der Waals surface area contributed by atoms with Gasteiger partial charge in [-0.15, -0.1) is 0 Å². The molecular weight excluding hydrogens is 388 g/mol. The second-order valence-corrected chi connectivity index (χ2v) is 6.31. The van der Waals surface area contributed by atoms with Gasteiger partial charge in [-0.1, -0.05) is 30.3 Å². The predicted octanol–water partition coefficient (Wildman–Crippen LogP) is 1.68. The number of ether oxygens (including phenoxy) is 2. The van der Waals surface area contributed by atoms with E-state index in [2.05, 4.69) is 10.6 Å². The highest BCUT2D eigenvalue weighted by Gasteiger charge is 2.21. The van der Waals surface area contributed by atoms with E-state index >= 15 is 0 Å². The molecule has 0 aliphatic carbocycles. The van der Waals surface area contributed by atoms with E-state index in [0.717, 1.165) is 5.56 Å². The number of hydrogen-bond donors (Lipinski definition) is 5. The Morgan fingerprint density at radius 1 is 1.20 bits per heavy atom. The zero-order valence-corrected chi connectivity index (χ0v) is 16.7. The molecule has 1 atom stereocenters. The molecule has 0 aromatic heterocycles. The first kappa shape index (κ1) is 22.5. The first-order valence-corrected chi connectivity index (χ1v) is 9.45. The number of nitrogens with one attached hydrogen (secondary N) is 3. The lowest BCUT2D eigenvalue weighted by atomic mass is 10.0. The summed E-state index contributed by atoms with van der Waals surface area (Å²) in [5.41, 5.74) is 5.98. The standard InChI is InChI=1S/C21H26N4O5/c1-2-29-19(27)13-17(14-6-4-3-5-7-14)25-20(28)16-9-8-15(12-18(16)26)30-11-10-24-21(22)23/h3-9,12,17,26H,2,10-11,13H2,1H3,(H,25,28)(H4,22,23,24). The van der Waals surface area contributed by atoms with Crippen LogP contribution in [-0.2, 0) is 9.53 Å². The highest BCUT2D eigenvalue weighted by molar-refractivity contribution is 5.97. The van der Waals surface area contributed by atoms with Crippen LogP contribution in [0.2, 0.25) is 0 Å². The molecule has 9 nitrogen and oxygen atoms in total. The number of nitrogens with two attached hydrogens (primary N) is 1. The smallest absolute Gasteiger partial charge is 0.308 e. The number of phenols is 1. The molecule has 0 spiro atoms. The van der Waals surface area contributed by atoms with Crippen LogP contribution in [-0.4, -0.2) is 42.7 Å². The van der Waals surface area contributed by atoms with Crippen LogP contribution < -0.4 is 21.1 Å². The highest BCUT2D eigenvalue weighted by Crippen LogP contribution is 2.25. The van der Waals surface area contributed by atoms with Crippen molar-refractivity contribution in [1.82, 2.24) is 10.6 Å². The van der Waals surface area contributed by atoms with Gasteiger partial charge in [0.1, 0.15) is 18.1 Å². The third-order valence-corrected chi connectivity index (χ3v) is 4.08. The van der Waals surface area contributed by atoms with Crippen molar-refractivity contribution in [3.63, 3.8) is 0 Å². The van der Waals surface area contributed by atoms with Gasteiger partial charge in [0.2, 0.25) is 0 Å². The van der Waals surface area contributed by atoms with Gasteiger partial charge in [-0.25, -0.2) is 0 Å².